The maximum atomic E-state index is 11.3. The predicted molar refractivity (Wildman–Crippen MR) is 77.6 cm³/mol. The fourth-order valence-electron chi connectivity index (χ4n) is 1.63. The number of hydrogen-bond acceptors (Lipinski definition) is 3. The lowest BCUT2D eigenvalue weighted by molar-refractivity contribution is 0.182. The van der Waals surface area contributed by atoms with Gasteiger partial charge in [-0.15, -0.1) is 0 Å². The molecule has 2 N–H and O–H groups in total. The van der Waals surface area contributed by atoms with Gasteiger partial charge in [-0.05, 0) is 23.5 Å². The summed E-state index contributed by atoms with van der Waals surface area (Å²) < 4.78 is 25.0. The molecule has 0 fully saturated rings. The van der Waals surface area contributed by atoms with E-state index in [0.29, 0.717) is 5.56 Å². The van der Waals surface area contributed by atoms with Crippen LogP contribution in [0.1, 0.15) is 44.9 Å². The van der Waals surface area contributed by atoms with Gasteiger partial charge in [-0.25, -0.2) is 13.1 Å². The Morgan fingerprint density at radius 2 is 1.74 bits per heavy atom. The Morgan fingerprint density at radius 1 is 1.21 bits per heavy atom. The molecule has 5 heteroatoms. The van der Waals surface area contributed by atoms with E-state index in [9.17, 15) is 13.5 Å². The fourth-order valence-corrected chi connectivity index (χ4v) is 2.25. The minimum atomic E-state index is -3.26. The molecule has 0 spiro atoms. The van der Waals surface area contributed by atoms with E-state index in [4.69, 9.17) is 0 Å². The van der Waals surface area contributed by atoms with E-state index in [1.54, 1.807) is 6.92 Å². The zero-order valence-corrected chi connectivity index (χ0v) is 12.8. The van der Waals surface area contributed by atoms with Gasteiger partial charge in [0.1, 0.15) is 0 Å². The van der Waals surface area contributed by atoms with Crippen LogP contribution in [0.15, 0.2) is 24.3 Å². The summed E-state index contributed by atoms with van der Waals surface area (Å²) in [5.74, 6) is 0.0165. The van der Waals surface area contributed by atoms with Gasteiger partial charge < -0.3 is 5.11 Å². The molecule has 1 aromatic carbocycles. The summed E-state index contributed by atoms with van der Waals surface area (Å²) in [6.07, 6.45) is -0.824. The van der Waals surface area contributed by atoms with E-state index in [1.807, 2.05) is 24.3 Å². The summed E-state index contributed by atoms with van der Waals surface area (Å²) in [5.41, 5.74) is 1.96. The molecule has 0 aliphatic rings. The smallest absolute Gasteiger partial charge is 0.211 e. The van der Waals surface area contributed by atoms with Gasteiger partial charge in [0, 0.05) is 6.54 Å². The molecule has 0 aliphatic carbocycles. The summed E-state index contributed by atoms with van der Waals surface area (Å²) >= 11 is 0. The second-order valence-electron chi connectivity index (χ2n) is 5.64. The molecule has 1 unspecified atom stereocenters. The van der Waals surface area contributed by atoms with Crippen molar-refractivity contribution in [2.45, 2.75) is 39.2 Å². The van der Waals surface area contributed by atoms with E-state index < -0.39 is 16.1 Å². The van der Waals surface area contributed by atoms with E-state index in [0.717, 1.165) is 0 Å². The van der Waals surface area contributed by atoms with Crippen LogP contribution in [0.4, 0.5) is 0 Å². The summed E-state index contributed by atoms with van der Waals surface area (Å²) in [7, 11) is -3.26. The van der Waals surface area contributed by atoms with Gasteiger partial charge in [0.15, 0.2) is 0 Å². The van der Waals surface area contributed by atoms with Gasteiger partial charge in [0.05, 0.1) is 11.9 Å². The standard InChI is InChI=1S/C14H23NO3S/c1-5-19(17,18)15-10-13(16)11-6-8-12(9-7-11)14(2,3)4/h6-9,13,15-16H,5,10H2,1-4H3. The molecule has 0 aliphatic heterocycles. The van der Waals surface area contributed by atoms with Crippen LogP contribution < -0.4 is 4.72 Å². The van der Waals surface area contributed by atoms with Crippen LogP contribution in [-0.4, -0.2) is 25.8 Å². The Hall–Kier alpha value is -0.910. The maximum absolute atomic E-state index is 11.3. The molecule has 19 heavy (non-hydrogen) atoms. The fraction of sp³-hybridized carbons (Fsp3) is 0.571. The number of rotatable bonds is 5. The normalized spacial score (nSPS) is 14.4. The third kappa shape index (κ3) is 4.93. The van der Waals surface area contributed by atoms with Gasteiger partial charge in [-0.1, -0.05) is 45.0 Å². The number of sulfonamides is 1. The molecule has 1 rings (SSSR count). The van der Waals surface area contributed by atoms with Crippen molar-refractivity contribution in [2.75, 3.05) is 12.3 Å². The van der Waals surface area contributed by atoms with Crippen molar-refractivity contribution in [3.05, 3.63) is 35.4 Å². The number of aliphatic hydroxyl groups is 1. The lowest BCUT2D eigenvalue weighted by atomic mass is 9.86. The number of aliphatic hydroxyl groups excluding tert-OH is 1. The average Bonchev–Trinajstić information content (AvgIpc) is 2.35. The summed E-state index contributed by atoms with van der Waals surface area (Å²) in [6, 6.07) is 7.61. The number of hydrogen-bond donors (Lipinski definition) is 2. The predicted octanol–water partition coefficient (Wildman–Crippen LogP) is 1.96. The zero-order valence-electron chi connectivity index (χ0n) is 12.0. The van der Waals surface area contributed by atoms with Gasteiger partial charge in [-0.3, -0.25) is 0 Å². The first-order chi connectivity index (χ1) is 8.65. The molecule has 1 atom stereocenters. The minimum Gasteiger partial charge on any atom is -0.387 e. The Morgan fingerprint density at radius 3 is 2.16 bits per heavy atom. The quantitative estimate of drug-likeness (QED) is 0.869. The Kier molecular flexibility index (Phi) is 5.12. The molecule has 0 saturated carbocycles. The molecule has 0 bridgehead atoms. The van der Waals surface area contributed by atoms with Crippen molar-refractivity contribution in [2.24, 2.45) is 0 Å². The van der Waals surface area contributed by atoms with Crippen molar-refractivity contribution in [3.63, 3.8) is 0 Å². The first kappa shape index (κ1) is 16.1. The summed E-state index contributed by atoms with van der Waals surface area (Å²) in [4.78, 5) is 0. The van der Waals surface area contributed by atoms with Crippen LogP contribution in [0.25, 0.3) is 0 Å². The van der Waals surface area contributed by atoms with Gasteiger partial charge in [0.2, 0.25) is 10.0 Å². The Balaban J connectivity index is 2.71. The summed E-state index contributed by atoms with van der Waals surface area (Å²) in [6.45, 7) is 7.92. The van der Waals surface area contributed by atoms with Crippen molar-refractivity contribution in [1.29, 1.82) is 0 Å². The highest BCUT2D eigenvalue weighted by Crippen LogP contribution is 2.23. The van der Waals surface area contributed by atoms with Crippen molar-refractivity contribution in [1.82, 2.24) is 4.72 Å². The molecule has 1 aromatic rings. The van der Waals surface area contributed by atoms with Crippen LogP contribution in [0.3, 0.4) is 0 Å². The minimum absolute atomic E-state index is 0.00500. The molecule has 0 radical (unpaired) electrons. The molecule has 0 aromatic heterocycles. The van der Waals surface area contributed by atoms with E-state index in [2.05, 4.69) is 25.5 Å². The molecule has 0 amide bonds. The van der Waals surface area contributed by atoms with Crippen LogP contribution in [0, 0.1) is 0 Å². The SMILES string of the molecule is CCS(=O)(=O)NCC(O)c1ccc(C(C)(C)C)cc1. The third-order valence-corrected chi connectivity index (χ3v) is 4.40. The Labute approximate surface area is 115 Å². The molecule has 4 nitrogen and oxygen atoms in total. The van der Waals surface area contributed by atoms with Crippen molar-refractivity contribution in [3.8, 4) is 0 Å². The largest absolute Gasteiger partial charge is 0.387 e. The number of nitrogens with one attached hydrogen (secondary N) is 1. The van der Waals surface area contributed by atoms with E-state index in [1.165, 1.54) is 5.56 Å². The first-order valence-electron chi connectivity index (χ1n) is 6.41. The highest BCUT2D eigenvalue weighted by atomic mass is 32.2. The highest BCUT2D eigenvalue weighted by molar-refractivity contribution is 7.89. The molecule has 108 valence electrons. The third-order valence-electron chi connectivity index (χ3n) is 3.04. The second kappa shape index (κ2) is 6.03. The monoisotopic (exact) mass is 285 g/mol. The van der Waals surface area contributed by atoms with Crippen LogP contribution in [-0.2, 0) is 15.4 Å². The topological polar surface area (TPSA) is 66.4 Å². The van der Waals surface area contributed by atoms with E-state index >= 15 is 0 Å². The molecule has 0 saturated heterocycles. The first-order valence-corrected chi connectivity index (χ1v) is 8.07. The average molecular weight is 285 g/mol. The lowest BCUT2D eigenvalue weighted by Crippen LogP contribution is -2.29. The molecular formula is C14H23NO3S. The zero-order chi connectivity index (χ0) is 14.7. The van der Waals surface area contributed by atoms with Crippen LogP contribution >= 0.6 is 0 Å². The maximum Gasteiger partial charge on any atom is 0.211 e. The molecule has 0 heterocycles. The van der Waals surface area contributed by atoms with Crippen LogP contribution in [0.5, 0.6) is 0 Å². The Bertz CT molecular complexity index is 500. The second-order valence-corrected chi connectivity index (χ2v) is 7.74. The molecular weight excluding hydrogens is 262 g/mol. The van der Waals surface area contributed by atoms with Crippen LogP contribution in [0.2, 0.25) is 0 Å². The van der Waals surface area contributed by atoms with Crippen molar-refractivity contribution < 1.29 is 13.5 Å². The van der Waals surface area contributed by atoms with Crippen molar-refractivity contribution >= 4 is 10.0 Å². The number of benzene rings is 1. The lowest BCUT2D eigenvalue weighted by Gasteiger charge is -2.20. The highest BCUT2D eigenvalue weighted by Gasteiger charge is 2.15. The van der Waals surface area contributed by atoms with Gasteiger partial charge in [0.25, 0.3) is 0 Å². The van der Waals surface area contributed by atoms with Gasteiger partial charge >= 0.3 is 0 Å². The van der Waals surface area contributed by atoms with Gasteiger partial charge in [-0.2, -0.15) is 0 Å². The van der Waals surface area contributed by atoms with E-state index in [-0.39, 0.29) is 17.7 Å². The summed E-state index contributed by atoms with van der Waals surface area (Å²) in [5, 5.41) is 9.95.